The van der Waals surface area contributed by atoms with E-state index in [4.69, 9.17) is 4.74 Å². The first kappa shape index (κ1) is 15.7. The first-order valence-corrected chi connectivity index (χ1v) is 7.51. The summed E-state index contributed by atoms with van der Waals surface area (Å²) in [6.07, 6.45) is 6.87. The molecule has 0 radical (unpaired) electrons. The molecular weight excluding hydrogens is 349 g/mol. The lowest BCUT2D eigenvalue weighted by Gasteiger charge is -2.08. The second-order valence-electron chi connectivity index (χ2n) is 4.29. The molecule has 0 N–H and O–H groups in total. The average molecular weight is 368 g/mol. The van der Waals surface area contributed by atoms with Gasteiger partial charge in [-0.15, -0.1) is 0 Å². The molecule has 1 rings (SSSR count). The molecule has 0 saturated heterocycles. The van der Waals surface area contributed by atoms with Gasteiger partial charge >= 0.3 is 0 Å². The molecule has 0 saturated carbocycles. The van der Waals surface area contributed by atoms with Gasteiger partial charge in [-0.3, -0.25) is 0 Å². The fourth-order valence-corrected chi connectivity index (χ4v) is 2.10. The lowest BCUT2D eigenvalue weighted by molar-refractivity contribution is 0.284. The van der Waals surface area contributed by atoms with E-state index in [1.165, 1.54) is 37.8 Å². The quantitative estimate of drug-likeness (QED) is 0.343. The van der Waals surface area contributed by atoms with E-state index in [1.54, 1.807) is 22.6 Å². The Morgan fingerprint density at radius 1 is 1.00 bits per heavy atom. The van der Waals surface area contributed by atoms with Gasteiger partial charge in [0.1, 0.15) is 0 Å². The van der Waals surface area contributed by atoms with Gasteiger partial charge in [0.15, 0.2) is 11.6 Å². The highest BCUT2D eigenvalue weighted by atomic mass is 127. The van der Waals surface area contributed by atoms with Gasteiger partial charge in [-0.25, -0.2) is 4.39 Å². The Kier molecular flexibility index (Phi) is 7.54. The Morgan fingerprint density at radius 2 is 1.67 bits per heavy atom. The smallest absolute Gasteiger partial charge is 0.201 e. The van der Waals surface area contributed by atoms with Crippen LogP contribution in [0.4, 0.5) is 8.78 Å². The zero-order valence-corrected chi connectivity index (χ0v) is 12.8. The average Bonchev–Trinajstić information content (AvgIpc) is 2.37. The molecule has 0 unspecified atom stereocenters. The van der Waals surface area contributed by atoms with Crippen molar-refractivity contribution in [2.75, 3.05) is 6.61 Å². The molecular formula is C14H19F2IO. The number of halogens is 3. The summed E-state index contributed by atoms with van der Waals surface area (Å²) in [5.41, 5.74) is 0. The van der Waals surface area contributed by atoms with E-state index in [0.29, 0.717) is 6.61 Å². The summed E-state index contributed by atoms with van der Waals surface area (Å²) in [6, 6.07) is 3.01. The summed E-state index contributed by atoms with van der Waals surface area (Å²) >= 11 is 1.76. The first-order valence-electron chi connectivity index (χ1n) is 6.43. The molecule has 0 bridgehead atoms. The predicted octanol–water partition coefficient (Wildman–Crippen LogP) is 5.31. The van der Waals surface area contributed by atoms with Crippen LogP contribution in [0.5, 0.6) is 5.75 Å². The van der Waals surface area contributed by atoms with Crippen LogP contribution >= 0.6 is 22.6 Å². The Labute approximate surface area is 121 Å². The summed E-state index contributed by atoms with van der Waals surface area (Å²) in [6.45, 7) is 2.63. The molecule has 1 aromatic carbocycles. The van der Waals surface area contributed by atoms with Crippen LogP contribution < -0.4 is 4.74 Å². The molecule has 1 aromatic rings. The maximum atomic E-state index is 13.4. The largest absolute Gasteiger partial charge is 0.490 e. The highest BCUT2D eigenvalue weighted by molar-refractivity contribution is 14.1. The first-order chi connectivity index (χ1) is 8.66. The van der Waals surface area contributed by atoms with Crippen molar-refractivity contribution in [2.24, 2.45) is 0 Å². The molecule has 18 heavy (non-hydrogen) atoms. The SMILES string of the molecule is CCCCCCCCOc1ccc(I)c(F)c1F. The Balaban J connectivity index is 2.25. The van der Waals surface area contributed by atoms with Crippen LogP contribution in [-0.4, -0.2) is 6.61 Å². The van der Waals surface area contributed by atoms with Crippen molar-refractivity contribution in [3.05, 3.63) is 27.3 Å². The minimum absolute atomic E-state index is 0.0153. The summed E-state index contributed by atoms with van der Waals surface area (Å²) in [5.74, 6) is -1.69. The second-order valence-corrected chi connectivity index (χ2v) is 5.45. The van der Waals surface area contributed by atoms with Gasteiger partial charge in [-0.05, 0) is 41.1 Å². The Hall–Kier alpha value is -0.390. The van der Waals surface area contributed by atoms with Crippen molar-refractivity contribution >= 4 is 22.6 Å². The number of hydrogen-bond donors (Lipinski definition) is 0. The molecule has 0 spiro atoms. The van der Waals surface area contributed by atoms with Crippen LogP contribution in [0.15, 0.2) is 12.1 Å². The Bertz CT molecular complexity index is 369. The van der Waals surface area contributed by atoms with Crippen molar-refractivity contribution in [3.63, 3.8) is 0 Å². The molecule has 0 aliphatic heterocycles. The molecule has 102 valence electrons. The van der Waals surface area contributed by atoms with Crippen LogP contribution in [0.25, 0.3) is 0 Å². The van der Waals surface area contributed by atoms with Crippen LogP contribution in [0.3, 0.4) is 0 Å². The highest BCUT2D eigenvalue weighted by Crippen LogP contribution is 2.23. The summed E-state index contributed by atoms with van der Waals surface area (Å²) in [7, 11) is 0. The van der Waals surface area contributed by atoms with Crippen LogP contribution in [-0.2, 0) is 0 Å². The summed E-state index contributed by atoms with van der Waals surface area (Å²) in [5, 5.41) is 0. The normalized spacial score (nSPS) is 10.7. The third kappa shape index (κ3) is 5.08. The van der Waals surface area contributed by atoms with Gasteiger partial charge < -0.3 is 4.74 Å². The monoisotopic (exact) mass is 368 g/mol. The number of unbranched alkanes of at least 4 members (excludes halogenated alkanes) is 5. The number of hydrogen-bond acceptors (Lipinski definition) is 1. The molecule has 1 nitrogen and oxygen atoms in total. The number of rotatable bonds is 8. The minimum Gasteiger partial charge on any atom is -0.490 e. The van der Waals surface area contributed by atoms with Gasteiger partial charge in [-0.2, -0.15) is 4.39 Å². The fourth-order valence-electron chi connectivity index (χ4n) is 1.68. The van der Waals surface area contributed by atoms with Gasteiger partial charge in [-0.1, -0.05) is 39.0 Å². The lowest BCUT2D eigenvalue weighted by Crippen LogP contribution is -2.01. The van der Waals surface area contributed by atoms with Crippen molar-refractivity contribution in [1.29, 1.82) is 0 Å². The molecule has 0 heterocycles. The maximum absolute atomic E-state index is 13.4. The van der Waals surface area contributed by atoms with E-state index >= 15 is 0 Å². The van der Waals surface area contributed by atoms with Crippen LogP contribution in [0.1, 0.15) is 45.4 Å². The van der Waals surface area contributed by atoms with Crippen LogP contribution in [0.2, 0.25) is 0 Å². The zero-order chi connectivity index (χ0) is 13.4. The predicted molar refractivity (Wildman–Crippen MR) is 77.9 cm³/mol. The van der Waals surface area contributed by atoms with Gasteiger partial charge in [0.2, 0.25) is 5.82 Å². The Morgan fingerprint density at radius 3 is 2.39 bits per heavy atom. The van der Waals surface area contributed by atoms with Crippen molar-refractivity contribution in [1.82, 2.24) is 0 Å². The topological polar surface area (TPSA) is 9.23 Å². The third-order valence-electron chi connectivity index (χ3n) is 2.76. The third-order valence-corrected chi connectivity index (χ3v) is 3.59. The van der Waals surface area contributed by atoms with Gasteiger partial charge in [0.05, 0.1) is 10.2 Å². The van der Waals surface area contributed by atoms with E-state index < -0.39 is 11.6 Å². The molecule has 0 aliphatic rings. The van der Waals surface area contributed by atoms with E-state index in [-0.39, 0.29) is 9.32 Å². The van der Waals surface area contributed by atoms with Gasteiger partial charge in [0.25, 0.3) is 0 Å². The standard InChI is InChI=1S/C14H19F2IO/c1-2-3-4-5-6-7-10-18-12-9-8-11(17)13(15)14(12)16/h8-9H,2-7,10H2,1H3. The lowest BCUT2D eigenvalue weighted by atomic mass is 10.1. The molecule has 4 heteroatoms. The van der Waals surface area contributed by atoms with E-state index in [2.05, 4.69) is 6.92 Å². The number of benzene rings is 1. The van der Waals surface area contributed by atoms with Gasteiger partial charge in [0, 0.05) is 0 Å². The molecule has 0 aliphatic carbocycles. The highest BCUT2D eigenvalue weighted by Gasteiger charge is 2.12. The molecule has 0 fully saturated rings. The van der Waals surface area contributed by atoms with E-state index in [1.807, 2.05) is 0 Å². The summed E-state index contributed by atoms with van der Waals surface area (Å²) < 4.78 is 32.2. The number of ether oxygens (including phenoxy) is 1. The van der Waals surface area contributed by atoms with Crippen LogP contribution in [0, 0.1) is 15.2 Å². The van der Waals surface area contributed by atoms with E-state index in [0.717, 1.165) is 12.8 Å². The van der Waals surface area contributed by atoms with Crippen molar-refractivity contribution < 1.29 is 13.5 Å². The second kappa shape index (κ2) is 8.67. The fraction of sp³-hybridized carbons (Fsp3) is 0.571. The van der Waals surface area contributed by atoms with E-state index in [9.17, 15) is 8.78 Å². The minimum atomic E-state index is -0.882. The molecule has 0 atom stereocenters. The molecule has 0 aromatic heterocycles. The van der Waals surface area contributed by atoms with Crippen molar-refractivity contribution in [3.8, 4) is 5.75 Å². The summed E-state index contributed by atoms with van der Waals surface area (Å²) in [4.78, 5) is 0. The van der Waals surface area contributed by atoms with Crippen molar-refractivity contribution in [2.45, 2.75) is 45.4 Å². The zero-order valence-electron chi connectivity index (χ0n) is 10.6. The molecule has 0 amide bonds. The maximum Gasteiger partial charge on any atom is 0.201 e.